The van der Waals surface area contributed by atoms with Gasteiger partial charge in [0.15, 0.2) is 13.2 Å². The highest BCUT2D eigenvalue weighted by molar-refractivity contribution is 9.10. The van der Waals surface area contributed by atoms with Gasteiger partial charge in [-0.3, -0.25) is 20.4 Å². The molecule has 2 amide bonds. The number of amides is 2. The molecule has 6 nitrogen and oxygen atoms in total. The van der Waals surface area contributed by atoms with Gasteiger partial charge in [0.05, 0.1) is 4.47 Å². The van der Waals surface area contributed by atoms with Crippen LogP contribution in [0.5, 0.6) is 11.5 Å². The first-order valence-electron chi connectivity index (χ1n) is 9.27. The smallest absolute Gasteiger partial charge is 0.276 e. The van der Waals surface area contributed by atoms with E-state index in [9.17, 15) is 9.59 Å². The first kappa shape index (κ1) is 22.7. The zero-order valence-corrected chi connectivity index (χ0v) is 19.0. The highest BCUT2D eigenvalue weighted by Gasteiger charge is 2.16. The summed E-state index contributed by atoms with van der Waals surface area (Å²) in [5.41, 5.74) is 7.68. The van der Waals surface area contributed by atoms with Gasteiger partial charge in [0.1, 0.15) is 11.5 Å². The quantitative estimate of drug-likeness (QED) is 0.636. The van der Waals surface area contributed by atoms with Crippen LogP contribution in [0, 0.1) is 13.8 Å². The largest absolute Gasteiger partial charge is 0.483 e. The minimum atomic E-state index is -0.475. The van der Waals surface area contributed by atoms with Crippen molar-refractivity contribution in [2.75, 3.05) is 13.2 Å². The van der Waals surface area contributed by atoms with Gasteiger partial charge < -0.3 is 9.47 Å². The zero-order chi connectivity index (χ0) is 21.6. The van der Waals surface area contributed by atoms with E-state index in [4.69, 9.17) is 9.47 Å². The lowest BCUT2D eigenvalue weighted by Gasteiger charge is -2.20. The van der Waals surface area contributed by atoms with E-state index in [1.165, 1.54) is 0 Å². The van der Waals surface area contributed by atoms with Gasteiger partial charge in [0.25, 0.3) is 11.8 Å². The molecule has 0 bridgehead atoms. The van der Waals surface area contributed by atoms with Gasteiger partial charge in [0.2, 0.25) is 0 Å². The van der Waals surface area contributed by atoms with Crippen LogP contribution in [0.15, 0.2) is 40.9 Å². The first-order chi connectivity index (χ1) is 13.6. The molecular formula is C22H27BrN2O4. The van der Waals surface area contributed by atoms with Crippen LogP contribution in [0.25, 0.3) is 0 Å². The molecule has 7 heteroatoms. The molecule has 0 fully saturated rings. The SMILES string of the molecule is Cc1cccc(C)c1OCC(=O)NNC(=O)COc1ccc(C(C)(C)C)cc1Br. The van der Waals surface area contributed by atoms with E-state index >= 15 is 0 Å². The molecule has 2 rings (SSSR count). The van der Waals surface area contributed by atoms with Gasteiger partial charge in [-0.25, -0.2) is 0 Å². The maximum Gasteiger partial charge on any atom is 0.276 e. The maximum absolute atomic E-state index is 11.9. The van der Waals surface area contributed by atoms with Crippen LogP contribution in [0.3, 0.4) is 0 Å². The molecule has 2 aromatic rings. The molecule has 0 saturated heterocycles. The molecular weight excluding hydrogens is 436 g/mol. The van der Waals surface area contributed by atoms with Crippen molar-refractivity contribution in [3.8, 4) is 11.5 Å². The number of hydrogen-bond acceptors (Lipinski definition) is 4. The summed E-state index contributed by atoms with van der Waals surface area (Å²) in [6.07, 6.45) is 0. The highest BCUT2D eigenvalue weighted by atomic mass is 79.9. The minimum absolute atomic E-state index is 0.0155. The van der Waals surface area contributed by atoms with Crippen LogP contribution < -0.4 is 20.3 Å². The normalized spacial score (nSPS) is 11.0. The van der Waals surface area contributed by atoms with Gasteiger partial charge >= 0.3 is 0 Å². The van der Waals surface area contributed by atoms with Gasteiger partial charge in [-0.15, -0.1) is 0 Å². The predicted molar refractivity (Wildman–Crippen MR) is 116 cm³/mol. The van der Waals surface area contributed by atoms with Gasteiger partial charge in [0, 0.05) is 0 Å². The molecule has 0 saturated carbocycles. The average Bonchev–Trinajstić information content (AvgIpc) is 2.64. The second kappa shape index (κ2) is 9.78. The van der Waals surface area contributed by atoms with Crippen LogP contribution in [-0.2, 0) is 15.0 Å². The maximum atomic E-state index is 11.9. The molecule has 0 aromatic heterocycles. The van der Waals surface area contributed by atoms with Crippen molar-refractivity contribution in [1.29, 1.82) is 0 Å². The van der Waals surface area contributed by atoms with Crippen molar-refractivity contribution >= 4 is 27.7 Å². The standard InChI is InChI=1S/C22H27BrN2O4/c1-14-7-6-8-15(2)21(14)29-13-20(27)25-24-19(26)12-28-18-10-9-16(11-17(18)23)22(3,4)5/h6-11H,12-13H2,1-5H3,(H,24,26)(H,25,27). The predicted octanol–water partition coefficient (Wildman–Crippen LogP) is 3.97. The minimum Gasteiger partial charge on any atom is -0.483 e. The van der Waals surface area contributed by atoms with Crippen molar-refractivity contribution in [3.63, 3.8) is 0 Å². The first-order valence-corrected chi connectivity index (χ1v) is 10.1. The van der Waals surface area contributed by atoms with Crippen molar-refractivity contribution in [1.82, 2.24) is 10.9 Å². The molecule has 2 aromatic carbocycles. The summed E-state index contributed by atoms with van der Waals surface area (Å²) in [5, 5.41) is 0. The van der Waals surface area contributed by atoms with Crippen LogP contribution >= 0.6 is 15.9 Å². The molecule has 0 radical (unpaired) electrons. The van der Waals surface area contributed by atoms with E-state index in [1.807, 2.05) is 50.2 Å². The van der Waals surface area contributed by atoms with E-state index in [-0.39, 0.29) is 18.6 Å². The second-order valence-corrected chi connectivity index (χ2v) is 8.64. The summed E-state index contributed by atoms with van der Waals surface area (Å²) < 4.78 is 11.8. The third kappa shape index (κ3) is 6.78. The summed E-state index contributed by atoms with van der Waals surface area (Å²) in [7, 11) is 0. The van der Waals surface area contributed by atoms with E-state index < -0.39 is 11.8 Å². The van der Waals surface area contributed by atoms with Crippen molar-refractivity contribution in [2.45, 2.75) is 40.0 Å². The summed E-state index contributed by atoms with van der Waals surface area (Å²) in [5.74, 6) is 0.285. The molecule has 0 spiro atoms. The van der Waals surface area contributed by atoms with Crippen molar-refractivity contribution < 1.29 is 19.1 Å². The fraction of sp³-hybridized carbons (Fsp3) is 0.364. The Kier molecular flexibility index (Phi) is 7.67. The second-order valence-electron chi connectivity index (χ2n) is 7.79. The molecule has 0 aliphatic heterocycles. The zero-order valence-electron chi connectivity index (χ0n) is 17.4. The number of rotatable bonds is 6. The Labute approximate surface area is 180 Å². The summed E-state index contributed by atoms with van der Waals surface area (Å²) in [6.45, 7) is 9.75. The lowest BCUT2D eigenvalue weighted by Crippen LogP contribution is -2.45. The molecule has 29 heavy (non-hydrogen) atoms. The molecule has 0 atom stereocenters. The van der Waals surface area contributed by atoms with Crippen LogP contribution in [0.2, 0.25) is 0 Å². The van der Waals surface area contributed by atoms with Crippen LogP contribution in [0.1, 0.15) is 37.5 Å². The Bertz CT molecular complexity index is 871. The number of ether oxygens (including phenoxy) is 2. The number of aryl methyl sites for hydroxylation is 2. The van der Waals surface area contributed by atoms with E-state index in [2.05, 4.69) is 47.6 Å². The fourth-order valence-corrected chi connectivity index (χ4v) is 3.10. The average molecular weight is 463 g/mol. The number of hydrogen-bond donors (Lipinski definition) is 2. The number of nitrogens with one attached hydrogen (secondary N) is 2. The number of halogens is 1. The van der Waals surface area contributed by atoms with Crippen molar-refractivity contribution in [3.05, 3.63) is 57.6 Å². The van der Waals surface area contributed by atoms with Gasteiger partial charge in [-0.2, -0.15) is 0 Å². The number of para-hydroxylation sites is 1. The summed E-state index contributed by atoms with van der Waals surface area (Å²) >= 11 is 3.46. The lowest BCUT2D eigenvalue weighted by molar-refractivity contribution is -0.131. The third-order valence-corrected chi connectivity index (χ3v) is 4.87. The molecule has 0 unspecified atom stereocenters. The number of benzene rings is 2. The Balaban J connectivity index is 1.78. The summed E-state index contributed by atoms with van der Waals surface area (Å²) in [6, 6.07) is 11.5. The Morgan fingerprint density at radius 2 is 1.48 bits per heavy atom. The lowest BCUT2D eigenvalue weighted by atomic mass is 9.87. The van der Waals surface area contributed by atoms with Crippen molar-refractivity contribution in [2.24, 2.45) is 0 Å². The molecule has 0 aliphatic carbocycles. The number of carbonyl (C=O) groups excluding carboxylic acids is 2. The Hall–Kier alpha value is -2.54. The van der Waals surface area contributed by atoms with Crippen LogP contribution in [-0.4, -0.2) is 25.0 Å². The molecule has 0 aliphatic rings. The molecule has 156 valence electrons. The highest BCUT2D eigenvalue weighted by Crippen LogP contribution is 2.31. The number of carbonyl (C=O) groups is 2. The molecule has 0 heterocycles. The molecule has 2 N–H and O–H groups in total. The van der Waals surface area contributed by atoms with Gasteiger partial charge in [-0.05, 0) is 64.0 Å². The van der Waals surface area contributed by atoms with Gasteiger partial charge in [-0.1, -0.05) is 45.0 Å². The number of hydrazine groups is 1. The van der Waals surface area contributed by atoms with E-state index in [0.717, 1.165) is 21.2 Å². The topological polar surface area (TPSA) is 76.7 Å². The fourth-order valence-electron chi connectivity index (χ4n) is 2.60. The summed E-state index contributed by atoms with van der Waals surface area (Å²) in [4.78, 5) is 23.8. The third-order valence-electron chi connectivity index (χ3n) is 4.25. The van der Waals surface area contributed by atoms with E-state index in [1.54, 1.807) is 0 Å². The van der Waals surface area contributed by atoms with Crippen LogP contribution in [0.4, 0.5) is 0 Å². The van der Waals surface area contributed by atoms with E-state index in [0.29, 0.717) is 11.5 Å². The Morgan fingerprint density at radius 1 is 0.931 bits per heavy atom. The monoisotopic (exact) mass is 462 g/mol. The Morgan fingerprint density at radius 3 is 2.00 bits per heavy atom.